The molecule has 2 heterocycles. The zero-order chi connectivity index (χ0) is 12.7. The summed E-state index contributed by atoms with van der Waals surface area (Å²) in [4.78, 5) is 5.74. The monoisotopic (exact) mass is 261 g/mol. The minimum Gasteiger partial charge on any atom is -0.371 e. The summed E-state index contributed by atoms with van der Waals surface area (Å²) in [6.45, 7) is 6.70. The van der Waals surface area contributed by atoms with Crippen LogP contribution in [0.2, 0.25) is 0 Å². The molecular weight excluding hydrogens is 242 g/mol. The van der Waals surface area contributed by atoms with Gasteiger partial charge in [0.25, 0.3) is 0 Å². The van der Waals surface area contributed by atoms with E-state index in [1.54, 1.807) is 0 Å². The van der Waals surface area contributed by atoms with Crippen molar-refractivity contribution >= 4 is 28.9 Å². The maximum atomic E-state index is 5.40. The van der Waals surface area contributed by atoms with Gasteiger partial charge >= 0.3 is 0 Å². The van der Waals surface area contributed by atoms with E-state index < -0.39 is 0 Å². The molecule has 96 valence electrons. The van der Waals surface area contributed by atoms with Gasteiger partial charge in [-0.25, -0.2) is 0 Å². The van der Waals surface area contributed by atoms with E-state index >= 15 is 0 Å². The number of aromatic amines is 1. The van der Waals surface area contributed by atoms with Gasteiger partial charge in [0.2, 0.25) is 0 Å². The number of anilines is 1. The number of H-pyrrole nitrogens is 1. The Morgan fingerprint density at radius 2 is 1.94 bits per heavy atom. The number of aromatic nitrogens is 2. The van der Waals surface area contributed by atoms with Crippen LogP contribution in [0.25, 0.3) is 11.0 Å². The van der Waals surface area contributed by atoms with E-state index in [0.717, 1.165) is 10.3 Å². The number of nitrogens with one attached hydrogen (secondary N) is 1. The minimum atomic E-state index is 0.389. The molecule has 0 bridgehead atoms. The van der Waals surface area contributed by atoms with Gasteiger partial charge < -0.3 is 14.5 Å². The van der Waals surface area contributed by atoms with Crippen LogP contribution in [0.1, 0.15) is 32.7 Å². The van der Waals surface area contributed by atoms with Crippen molar-refractivity contribution in [2.24, 2.45) is 0 Å². The molecule has 18 heavy (non-hydrogen) atoms. The Bertz CT molecular complexity index is 617. The first-order valence-corrected chi connectivity index (χ1v) is 7.07. The van der Waals surface area contributed by atoms with E-state index in [2.05, 4.69) is 46.5 Å². The first kappa shape index (κ1) is 11.8. The zero-order valence-electron chi connectivity index (χ0n) is 10.9. The van der Waals surface area contributed by atoms with Gasteiger partial charge in [0.15, 0.2) is 4.77 Å². The van der Waals surface area contributed by atoms with Crippen LogP contribution in [0.3, 0.4) is 0 Å². The quantitative estimate of drug-likeness (QED) is 0.829. The fraction of sp³-hybridized carbons (Fsp3) is 0.500. The van der Waals surface area contributed by atoms with E-state index in [4.69, 9.17) is 12.2 Å². The summed E-state index contributed by atoms with van der Waals surface area (Å²) in [5, 5.41) is 0. The molecular formula is C14H19N3S. The third-order valence-corrected chi connectivity index (χ3v) is 3.99. The molecule has 0 aliphatic carbocycles. The molecule has 0 spiro atoms. The third kappa shape index (κ3) is 1.85. The van der Waals surface area contributed by atoms with Crippen LogP contribution in [0.15, 0.2) is 18.2 Å². The lowest BCUT2D eigenvalue weighted by Crippen LogP contribution is -2.17. The molecule has 0 radical (unpaired) electrons. The highest BCUT2D eigenvalue weighted by Gasteiger charge is 2.14. The maximum Gasteiger partial charge on any atom is 0.178 e. The Kier molecular flexibility index (Phi) is 2.90. The predicted octanol–water partition coefficient (Wildman–Crippen LogP) is 3.88. The standard InChI is InChI=1S/C14H19N3S/c1-10(2)17-13-9-11(16-7-3-4-8-16)5-6-12(13)15-14(17)18/h5-6,9-10H,3-4,7-8H2,1-2H3,(H,15,18). The van der Waals surface area contributed by atoms with Crippen molar-refractivity contribution in [2.75, 3.05) is 18.0 Å². The van der Waals surface area contributed by atoms with Gasteiger partial charge in [-0.1, -0.05) is 0 Å². The Labute approximate surface area is 112 Å². The Morgan fingerprint density at radius 3 is 2.61 bits per heavy atom. The Balaban J connectivity index is 2.15. The summed E-state index contributed by atoms with van der Waals surface area (Å²) in [5.74, 6) is 0. The number of hydrogen-bond donors (Lipinski definition) is 1. The second kappa shape index (κ2) is 4.43. The molecule has 0 unspecified atom stereocenters. The van der Waals surface area contributed by atoms with Gasteiger partial charge in [-0.05, 0) is 57.1 Å². The average Bonchev–Trinajstić information content (AvgIpc) is 2.92. The average molecular weight is 261 g/mol. The first-order chi connectivity index (χ1) is 8.66. The molecule has 1 fully saturated rings. The van der Waals surface area contributed by atoms with Crippen molar-refractivity contribution in [1.29, 1.82) is 0 Å². The van der Waals surface area contributed by atoms with Crippen molar-refractivity contribution < 1.29 is 0 Å². The lowest BCUT2D eigenvalue weighted by Gasteiger charge is -2.18. The molecule has 0 amide bonds. The molecule has 0 saturated carbocycles. The molecule has 1 saturated heterocycles. The van der Waals surface area contributed by atoms with E-state index in [9.17, 15) is 0 Å². The summed E-state index contributed by atoms with van der Waals surface area (Å²) in [5.41, 5.74) is 3.68. The molecule has 3 rings (SSSR count). The van der Waals surface area contributed by atoms with Gasteiger partial charge in [0, 0.05) is 24.8 Å². The van der Waals surface area contributed by atoms with Crippen LogP contribution in [0.4, 0.5) is 5.69 Å². The van der Waals surface area contributed by atoms with Crippen molar-refractivity contribution in [3.05, 3.63) is 23.0 Å². The van der Waals surface area contributed by atoms with Crippen molar-refractivity contribution in [1.82, 2.24) is 9.55 Å². The Hall–Kier alpha value is -1.29. The number of fused-ring (bicyclic) bond motifs is 1. The lowest BCUT2D eigenvalue weighted by molar-refractivity contribution is 0.610. The van der Waals surface area contributed by atoms with Crippen LogP contribution in [0, 0.1) is 4.77 Å². The van der Waals surface area contributed by atoms with Gasteiger partial charge in [0.05, 0.1) is 11.0 Å². The number of hydrogen-bond acceptors (Lipinski definition) is 2. The van der Waals surface area contributed by atoms with Gasteiger partial charge in [0.1, 0.15) is 0 Å². The second-order valence-corrected chi connectivity index (χ2v) is 5.68. The first-order valence-electron chi connectivity index (χ1n) is 6.66. The number of rotatable bonds is 2. The molecule has 1 aromatic carbocycles. The van der Waals surface area contributed by atoms with Gasteiger partial charge in [-0.15, -0.1) is 0 Å². The zero-order valence-corrected chi connectivity index (χ0v) is 11.8. The van der Waals surface area contributed by atoms with Crippen LogP contribution in [0.5, 0.6) is 0 Å². The predicted molar refractivity (Wildman–Crippen MR) is 79.0 cm³/mol. The lowest BCUT2D eigenvalue weighted by atomic mass is 10.2. The molecule has 2 aromatic rings. The molecule has 1 N–H and O–H groups in total. The summed E-state index contributed by atoms with van der Waals surface area (Å²) in [6.07, 6.45) is 2.61. The van der Waals surface area contributed by atoms with Crippen LogP contribution in [-0.4, -0.2) is 22.6 Å². The van der Waals surface area contributed by atoms with E-state index in [1.807, 2.05) is 0 Å². The van der Waals surface area contributed by atoms with Gasteiger partial charge in [-0.3, -0.25) is 0 Å². The van der Waals surface area contributed by atoms with Crippen LogP contribution in [-0.2, 0) is 0 Å². The summed E-state index contributed by atoms with van der Waals surface area (Å²) in [7, 11) is 0. The maximum absolute atomic E-state index is 5.40. The molecule has 1 aromatic heterocycles. The van der Waals surface area contributed by atoms with E-state index in [-0.39, 0.29) is 0 Å². The third-order valence-electron chi connectivity index (χ3n) is 3.69. The molecule has 0 atom stereocenters. The van der Waals surface area contributed by atoms with Crippen molar-refractivity contribution in [3.63, 3.8) is 0 Å². The second-order valence-electron chi connectivity index (χ2n) is 5.29. The highest BCUT2D eigenvalue weighted by Crippen LogP contribution is 2.26. The van der Waals surface area contributed by atoms with E-state index in [0.29, 0.717) is 6.04 Å². The number of benzene rings is 1. The smallest absolute Gasteiger partial charge is 0.178 e. The topological polar surface area (TPSA) is 24.0 Å². The number of imidazole rings is 1. The van der Waals surface area contributed by atoms with Crippen LogP contribution >= 0.6 is 12.2 Å². The van der Waals surface area contributed by atoms with Crippen molar-refractivity contribution in [2.45, 2.75) is 32.7 Å². The summed E-state index contributed by atoms with van der Waals surface area (Å²) < 4.78 is 3.02. The number of nitrogens with zero attached hydrogens (tertiary/aromatic N) is 2. The fourth-order valence-corrected chi connectivity index (χ4v) is 3.21. The molecule has 1 aliphatic heterocycles. The normalized spacial score (nSPS) is 16.1. The highest BCUT2D eigenvalue weighted by molar-refractivity contribution is 7.71. The van der Waals surface area contributed by atoms with E-state index in [1.165, 1.54) is 37.1 Å². The largest absolute Gasteiger partial charge is 0.371 e. The molecule has 1 aliphatic rings. The highest BCUT2D eigenvalue weighted by atomic mass is 32.1. The summed E-state index contributed by atoms with van der Waals surface area (Å²) in [6, 6.07) is 7.01. The SMILES string of the molecule is CC(C)n1c(=S)[nH]c2ccc(N3CCCC3)cc21. The van der Waals surface area contributed by atoms with Crippen molar-refractivity contribution in [3.8, 4) is 0 Å². The summed E-state index contributed by atoms with van der Waals surface area (Å²) >= 11 is 5.40. The van der Waals surface area contributed by atoms with Crippen LogP contribution < -0.4 is 4.90 Å². The van der Waals surface area contributed by atoms with Gasteiger partial charge in [-0.2, -0.15) is 0 Å². The minimum absolute atomic E-state index is 0.389. The molecule has 4 heteroatoms. The Morgan fingerprint density at radius 1 is 1.22 bits per heavy atom. The molecule has 3 nitrogen and oxygen atoms in total. The fourth-order valence-electron chi connectivity index (χ4n) is 2.79.